The van der Waals surface area contributed by atoms with Gasteiger partial charge in [-0.1, -0.05) is 12.1 Å². The summed E-state index contributed by atoms with van der Waals surface area (Å²) in [5.41, 5.74) is 1.98. The monoisotopic (exact) mass is 176 g/mol. The van der Waals surface area contributed by atoms with Gasteiger partial charge in [0.15, 0.2) is 5.75 Å². The Morgan fingerprint density at radius 3 is 3.15 bits per heavy atom. The van der Waals surface area contributed by atoms with Crippen LogP contribution in [0.4, 0.5) is 0 Å². The van der Waals surface area contributed by atoms with Gasteiger partial charge >= 0.3 is 0 Å². The number of aldehydes is 1. The molecular weight excluding hydrogens is 168 g/mol. The average molecular weight is 176 g/mol. The van der Waals surface area contributed by atoms with Crippen molar-refractivity contribution in [2.45, 2.75) is 6.61 Å². The molecule has 3 nitrogen and oxygen atoms in total. The van der Waals surface area contributed by atoms with Gasteiger partial charge in [0.25, 0.3) is 0 Å². The van der Waals surface area contributed by atoms with Crippen molar-refractivity contribution in [2.24, 2.45) is 0 Å². The van der Waals surface area contributed by atoms with Gasteiger partial charge in [0, 0.05) is 5.56 Å². The second-order valence-corrected chi connectivity index (χ2v) is 2.71. The maximum absolute atomic E-state index is 10.1. The van der Waals surface area contributed by atoms with Crippen molar-refractivity contribution < 1.29 is 14.6 Å². The molecule has 0 radical (unpaired) electrons. The van der Waals surface area contributed by atoms with Gasteiger partial charge < -0.3 is 4.89 Å². The van der Waals surface area contributed by atoms with Crippen molar-refractivity contribution >= 4 is 12.4 Å². The molecular formula is C10H8O3. The number of carbonyl (C=O) groups is 1. The summed E-state index contributed by atoms with van der Waals surface area (Å²) < 4.78 is 0. The van der Waals surface area contributed by atoms with Crippen molar-refractivity contribution in [1.29, 1.82) is 0 Å². The second kappa shape index (κ2) is 3.41. The van der Waals surface area contributed by atoms with E-state index in [0.29, 0.717) is 6.61 Å². The largest absolute Gasteiger partial charge is 0.337 e. The Morgan fingerprint density at radius 1 is 1.38 bits per heavy atom. The Hall–Kier alpha value is -1.61. The molecule has 0 unspecified atom stereocenters. The van der Waals surface area contributed by atoms with E-state index in [1.54, 1.807) is 6.08 Å². The highest BCUT2D eigenvalue weighted by Crippen LogP contribution is 2.26. The van der Waals surface area contributed by atoms with Crippen LogP contribution in [0.25, 0.3) is 6.08 Å². The van der Waals surface area contributed by atoms with Gasteiger partial charge in [0.05, 0.1) is 0 Å². The first-order chi connectivity index (χ1) is 6.40. The topological polar surface area (TPSA) is 35.5 Å². The molecule has 1 heterocycles. The molecule has 1 aliphatic rings. The lowest BCUT2D eigenvalue weighted by atomic mass is 10.1. The summed E-state index contributed by atoms with van der Waals surface area (Å²) in [5.74, 6) is 0.753. The lowest BCUT2D eigenvalue weighted by molar-refractivity contribution is -0.194. The molecule has 2 rings (SSSR count). The molecule has 0 aliphatic carbocycles. The van der Waals surface area contributed by atoms with Crippen molar-refractivity contribution in [3.8, 4) is 5.75 Å². The number of hydrogen-bond acceptors (Lipinski definition) is 3. The Balaban J connectivity index is 2.30. The maximum Gasteiger partial charge on any atom is 0.171 e. The number of benzene rings is 1. The molecule has 13 heavy (non-hydrogen) atoms. The second-order valence-electron chi connectivity index (χ2n) is 2.71. The molecule has 66 valence electrons. The van der Waals surface area contributed by atoms with Crippen LogP contribution >= 0.6 is 0 Å². The van der Waals surface area contributed by atoms with Crippen molar-refractivity contribution in [2.75, 3.05) is 0 Å². The van der Waals surface area contributed by atoms with Gasteiger partial charge in [-0.2, -0.15) is 4.89 Å². The summed E-state index contributed by atoms with van der Waals surface area (Å²) in [7, 11) is 0. The van der Waals surface area contributed by atoms with Crippen LogP contribution in [0.5, 0.6) is 5.75 Å². The fourth-order valence-electron chi connectivity index (χ4n) is 1.20. The van der Waals surface area contributed by atoms with Crippen LogP contribution in [0.1, 0.15) is 11.1 Å². The van der Waals surface area contributed by atoms with E-state index in [1.165, 1.54) is 6.08 Å². The predicted molar refractivity (Wildman–Crippen MR) is 47.0 cm³/mol. The summed E-state index contributed by atoms with van der Waals surface area (Å²) >= 11 is 0. The highest BCUT2D eigenvalue weighted by atomic mass is 17.2. The Morgan fingerprint density at radius 2 is 2.31 bits per heavy atom. The van der Waals surface area contributed by atoms with E-state index in [9.17, 15) is 4.79 Å². The summed E-state index contributed by atoms with van der Waals surface area (Å²) in [6.45, 7) is 0.470. The maximum atomic E-state index is 10.1. The number of allylic oxidation sites excluding steroid dienone is 1. The molecule has 0 fully saturated rings. The fourth-order valence-corrected chi connectivity index (χ4v) is 1.20. The minimum absolute atomic E-state index is 0.470. The first-order valence-corrected chi connectivity index (χ1v) is 3.94. The van der Waals surface area contributed by atoms with Crippen molar-refractivity contribution in [3.05, 3.63) is 35.4 Å². The van der Waals surface area contributed by atoms with Gasteiger partial charge in [0.1, 0.15) is 12.9 Å². The molecule has 0 N–H and O–H groups in total. The predicted octanol–water partition coefficient (Wildman–Crippen LogP) is 1.72. The van der Waals surface area contributed by atoms with Crippen molar-refractivity contribution in [3.63, 3.8) is 0 Å². The summed E-state index contributed by atoms with van der Waals surface area (Å²) in [5, 5.41) is 0. The van der Waals surface area contributed by atoms with E-state index in [-0.39, 0.29) is 0 Å². The minimum atomic E-state index is 0.470. The number of hydrogen-bond donors (Lipinski definition) is 0. The zero-order chi connectivity index (χ0) is 9.10. The third-order valence-electron chi connectivity index (χ3n) is 1.81. The smallest absolute Gasteiger partial charge is 0.171 e. The van der Waals surface area contributed by atoms with E-state index in [2.05, 4.69) is 0 Å². The fraction of sp³-hybridized carbons (Fsp3) is 0.100. The molecule has 0 bridgehead atoms. The molecule has 0 saturated heterocycles. The molecule has 1 aromatic carbocycles. The summed E-state index contributed by atoms with van der Waals surface area (Å²) in [4.78, 5) is 19.7. The van der Waals surface area contributed by atoms with E-state index in [4.69, 9.17) is 9.78 Å². The van der Waals surface area contributed by atoms with E-state index >= 15 is 0 Å². The molecule has 1 aromatic rings. The number of fused-ring (bicyclic) bond motifs is 1. The van der Waals surface area contributed by atoms with Crippen LogP contribution in [0, 0.1) is 0 Å². The Labute approximate surface area is 75.5 Å². The zero-order valence-corrected chi connectivity index (χ0v) is 6.90. The first-order valence-electron chi connectivity index (χ1n) is 3.94. The summed E-state index contributed by atoms with van der Waals surface area (Å²) in [6.07, 6.45) is 3.95. The van der Waals surface area contributed by atoms with Crippen LogP contribution in [-0.2, 0) is 16.3 Å². The highest BCUT2D eigenvalue weighted by molar-refractivity contribution is 5.74. The standard InChI is InChI=1S/C10H8O3/c11-5-1-2-8-3-4-10-9(6-8)7-12-13-10/h1-6H,7H2. The van der Waals surface area contributed by atoms with Gasteiger partial charge in [-0.25, -0.2) is 0 Å². The van der Waals surface area contributed by atoms with Crippen LogP contribution in [-0.4, -0.2) is 6.29 Å². The Bertz CT molecular complexity index is 355. The first kappa shape index (κ1) is 8.01. The van der Waals surface area contributed by atoms with Gasteiger partial charge in [-0.05, 0) is 23.8 Å². The lowest BCUT2D eigenvalue weighted by Crippen LogP contribution is -1.81. The SMILES string of the molecule is O=CC=Cc1ccc2c(c1)COO2. The van der Waals surface area contributed by atoms with Gasteiger partial charge in [-0.15, -0.1) is 0 Å². The van der Waals surface area contributed by atoms with Crippen molar-refractivity contribution in [1.82, 2.24) is 0 Å². The molecule has 0 amide bonds. The molecule has 3 heteroatoms. The van der Waals surface area contributed by atoms with Crippen LogP contribution in [0.3, 0.4) is 0 Å². The van der Waals surface area contributed by atoms with Crippen LogP contribution < -0.4 is 4.89 Å². The number of rotatable bonds is 2. The normalized spacial score (nSPS) is 14.2. The Kier molecular flexibility index (Phi) is 2.10. The molecule has 0 saturated carbocycles. The third-order valence-corrected chi connectivity index (χ3v) is 1.81. The molecule has 0 spiro atoms. The average Bonchev–Trinajstić information content (AvgIpc) is 2.61. The zero-order valence-electron chi connectivity index (χ0n) is 6.90. The van der Waals surface area contributed by atoms with Gasteiger partial charge in [0.2, 0.25) is 0 Å². The molecule has 0 atom stereocenters. The molecule has 0 aromatic heterocycles. The third kappa shape index (κ3) is 1.60. The van der Waals surface area contributed by atoms with Gasteiger partial charge in [-0.3, -0.25) is 4.79 Å². The molecule has 1 aliphatic heterocycles. The summed E-state index contributed by atoms with van der Waals surface area (Å²) in [6, 6.07) is 5.63. The van der Waals surface area contributed by atoms with E-state index in [0.717, 1.165) is 23.2 Å². The quantitative estimate of drug-likeness (QED) is 0.391. The van der Waals surface area contributed by atoms with E-state index < -0.39 is 0 Å². The minimum Gasteiger partial charge on any atom is -0.337 e. The van der Waals surface area contributed by atoms with Crippen LogP contribution in [0.15, 0.2) is 24.3 Å². The highest BCUT2D eigenvalue weighted by Gasteiger charge is 2.12. The lowest BCUT2D eigenvalue weighted by Gasteiger charge is -1.95. The van der Waals surface area contributed by atoms with E-state index in [1.807, 2.05) is 18.2 Å². The van der Waals surface area contributed by atoms with Crippen LogP contribution in [0.2, 0.25) is 0 Å². The number of carbonyl (C=O) groups excluding carboxylic acids is 1.